The number of rotatable bonds is 7. The van der Waals surface area contributed by atoms with Gasteiger partial charge in [-0.1, -0.05) is 6.07 Å². The molecule has 0 saturated heterocycles. The molecule has 0 saturated carbocycles. The molecule has 0 spiro atoms. The highest BCUT2D eigenvalue weighted by Crippen LogP contribution is 2.27. The minimum absolute atomic E-state index is 0.0942. The number of aryl methyl sites for hydroxylation is 1. The Morgan fingerprint density at radius 2 is 1.69 bits per heavy atom. The van der Waals surface area contributed by atoms with Gasteiger partial charge < -0.3 is 19.5 Å². The van der Waals surface area contributed by atoms with Crippen LogP contribution in [0.15, 0.2) is 18.2 Å². The van der Waals surface area contributed by atoms with Gasteiger partial charge in [-0.15, -0.1) is 0 Å². The van der Waals surface area contributed by atoms with E-state index in [9.17, 15) is 14.4 Å². The van der Waals surface area contributed by atoms with Crippen molar-refractivity contribution in [3.8, 4) is 11.5 Å². The lowest BCUT2D eigenvalue weighted by Crippen LogP contribution is -2.49. The van der Waals surface area contributed by atoms with Crippen molar-refractivity contribution in [1.82, 2.24) is 10.6 Å². The van der Waals surface area contributed by atoms with Gasteiger partial charge in [-0.25, -0.2) is 4.79 Å². The first kappa shape index (κ1) is 21.3. The van der Waals surface area contributed by atoms with Gasteiger partial charge in [-0.3, -0.25) is 14.9 Å². The van der Waals surface area contributed by atoms with Crippen LogP contribution in [0.4, 0.5) is 4.79 Å². The Morgan fingerprint density at radius 1 is 1.04 bits per heavy atom. The van der Waals surface area contributed by atoms with Crippen molar-refractivity contribution in [3.05, 3.63) is 23.8 Å². The van der Waals surface area contributed by atoms with Crippen LogP contribution in [-0.2, 0) is 20.7 Å². The smallest absolute Gasteiger partial charge is 0.321 e. The van der Waals surface area contributed by atoms with Gasteiger partial charge in [0.1, 0.15) is 0 Å². The molecular weight excluding hydrogens is 340 g/mol. The third-order valence-corrected chi connectivity index (χ3v) is 3.17. The van der Waals surface area contributed by atoms with Crippen LogP contribution in [0.1, 0.15) is 32.8 Å². The lowest BCUT2D eigenvalue weighted by molar-refractivity contribution is -0.148. The Kier molecular flexibility index (Phi) is 7.89. The second-order valence-corrected chi connectivity index (χ2v) is 6.60. The van der Waals surface area contributed by atoms with Crippen molar-refractivity contribution in [3.63, 3.8) is 0 Å². The lowest BCUT2D eigenvalue weighted by atomic mass is 10.1. The summed E-state index contributed by atoms with van der Waals surface area (Å²) in [5, 5.41) is 4.67. The zero-order valence-electron chi connectivity index (χ0n) is 15.8. The molecule has 26 heavy (non-hydrogen) atoms. The minimum Gasteiger partial charge on any atom is -0.493 e. The molecule has 1 aromatic carbocycles. The molecule has 0 aliphatic rings. The first-order valence-electron chi connectivity index (χ1n) is 8.13. The number of benzene rings is 1. The first-order chi connectivity index (χ1) is 12.1. The van der Waals surface area contributed by atoms with E-state index < -0.39 is 30.1 Å². The Labute approximate surface area is 153 Å². The largest absolute Gasteiger partial charge is 0.493 e. The summed E-state index contributed by atoms with van der Waals surface area (Å²) in [5.41, 5.74) is 0.397. The van der Waals surface area contributed by atoms with E-state index in [0.29, 0.717) is 17.9 Å². The van der Waals surface area contributed by atoms with E-state index in [1.54, 1.807) is 40.0 Å². The SMILES string of the molecule is COc1ccc(CCC(=O)OCC(=O)NC(=O)NC(C)(C)C)cc1OC. The standard InChI is InChI=1S/C18H26N2O6/c1-18(2,3)20-17(23)19-15(21)11-26-16(22)9-7-12-6-8-13(24-4)14(10-12)25-5/h6,8,10H,7,9,11H2,1-5H3,(H2,19,20,21,23). The number of imide groups is 1. The summed E-state index contributed by atoms with van der Waals surface area (Å²) in [6, 6.07) is 4.71. The first-order valence-corrected chi connectivity index (χ1v) is 8.13. The Bertz CT molecular complexity index is 652. The van der Waals surface area contributed by atoms with Gasteiger partial charge in [-0.2, -0.15) is 0 Å². The molecule has 0 radical (unpaired) electrons. The van der Waals surface area contributed by atoms with Crippen LogP contribution in [0.25, 0.3) is 0 Å². The number of urea groups is 1. The summed E-state index contributed by atoms with van der Waals surface area (Å²) in [6.45, 7) is 4.84. The van der Waals surface area contributed by atoms with Crippen molar-refractivity contribution in [2.24, 2.45) is 0 Å². The average Bonchev–Trinajstić information content (AvgIpc) is 2.55. The molecule has 1 aromatic rings. The molecule has 3 amide bonds. The van der Waals surface area contributed by atoms with Crippen LogP contribution in [-0.4, -0.2) is 44.3 Å². The number of hydrogen-bond acceptors (Lipinski definition) is 6. The molecule has 8 nitrogen and oxygen atoms in total. The molecule has 0 heterocycles. The third-order valence-electron chi connectivity index (χ3n) is 3.17. The van der Waals surface area contributed by atoms with E-state index in [-0.39, 0.29) is 6.42 Å². The summed E-state index contributed by atoms with van der Waals surface area (Å²) < 4.78 is 15.2. The van der Waals surface area contributed by atoms with E-state index in [0.717, 1.165) is 5.56 Å². The Hall–Kier alpha value is -2.77. The monoisotopic (exact) mass is 366 g/mol. The summed E-state index contributed by atoms with van der Waals surface area (Å²) >= 11 is 0. The molecule has 0 unspecified atom stereocenters. The Balaban J connectivity index is 2.39. The topological polar surface area (TPSA) is 103 Å². The van der Waals surface area contributed by atoms with Crippen molar-refractivity contribution in [1.29, 1.82) is 0 Å². The van der Waals surface area contributed by atoms with Crippen LogP contribution in [0.3, 0.4) is 0 Å². The number of carbonyl (C=O) groups excluding carboxylic acids is 3. The predicted octanol–water partition coefficient (Wildman–Crippen LogP) is 1.80. The highest BCUT2D eigenvalue weighted by Gasteiger charge is 2.16. The van der Waals surface area contributed by atoms with E-state index in [2.05, 4.69) is 10.6 Å². The highest BCUT2D eigenvalue weighted by molar-refractivity contribution is 5.95. The molecule has 0 aliphatic heterocycles. The lowest BCUT2D eigenvalue weighted by Gasteiger charge is -2.20. The number of methoxy groups -OCH3 is 2. The molecule has 2 N–H and O–H groups in total. The summed E-state index contributed by atoms with van der Waals surface area (Å²) in [5.74, 6) is -0.0518. The second-order valence-electron chi connectivity index (χ2n) is 6.60. The molecule has 0 fully saturated rings. The van der Waals surface area contributed by atoms with Crippen LogP contribution < -0.4 is 20.1 Å². The maximum atomic E-state index is 11.8. The normalized spacial score (nSPS) is 10.7. The molecule has 0 aliphatic carbocycles. The van der Waals surface area contributed by atoms with E-state index in [1.807, 2.05) is 6.07 Å². The molecular formula is C18H26N2O6. The molecule has 144 valence electrons. The van der Waals surface area contributed by atoms with Crippen LogP contribution in [0.2, 0.25) is 0 Å². The fourth-order valence-corrected chi connectivity index (χ4v) is 2.04. The number of hydrogen-bond donors (Lipinski definition) is 2. The minimum atomic E-state index is -0.689. The van der Waals surface area contributed by atoms with Crippen LogP contribution in [0.5, 0.6) is 11.5 Å². The van der Waals surface area contributed by atoms with Crippen molar-refractivity contribution in [2.45, 2.75) is 39.2 Å². The summed E-state index contributed by atoms with van der Waals surface area (Å²) in [4.78, 5) is 34.9. The molecule has 1 rings (SSSR count). The third kappa shape index (κ3) is 7.87. The number of amides is 3. The van der Waals surface area contributed by atoms with Crippen molar-refractivity contribution >= 4 is 17.9 Å². The summed E-state index contributed by atoms with van der Waals surface area (Å²) in [6.07, 6.45) is 0.516. The number of ether oxygens (including phenoxy) is 3. The fraction of sp³-hybridized carbons (Fsp3) is 0.500. The van der Waals surface area contributed by atoms with E-state index in [4.69, 9.17) is 14.2 Å². The quantitative estimate of drug-likeness (QED) is 0.714. The maximum Gasteiger partial charge on any atom is 0.321 e. The van der Waals surface area contributed by atoms with Gasteiger partial charge in [0.2, 0.25) is 0 Å². The average molecular weight is 366 g/mol. The number of esters is 1. The van der Waals surface area contributed by atoms with Crippen LogP contribution >= 0.6 is 0 Å². The van der Waals surface area contributed by atoms with Gasteiger partial charge in [0, 0.05) is 12.0 Å². The predicted molar refractivity (Wildman–Crippen MR) is 95.3 cm³/mol. The fourth-order valence-electron chi connectivity index (χ4n) is 2.04. The van der Waals surface area contributed by atoms with Crippen molar-refractivity contribution < 1.29 is 28.6 Å². The Morgan fingerprint density at radius 3 is 2.27 bits per heavy atom. The molecule has 0 aromatic heterocycles. The van der Waals surface area contributed by atoms with Crippen molar-refractivity contribution in [2.75, 3.05) is 20.8 Å². The zero-order chi connectivity index (χ0) is 19.7. The van der Waals surface area contributed by atoms with Gasteiger partial charge in [-0.05, 0) is 44.9 Å². The van der Waals surface area contributed by atoms with Gasteiger partial charge >= 0.3 is 12.0 Å². The number of nitrogens with one attached hydrogen (secondary N) is 2. The molecule has 8 heteroatoms. The van der Waals surface area contributed by atoms with E-state index >= 15 is 0 Å². The molecule has 0 atom stereocenters. The maximum absolute atomic E-state index is 11.8. The van der Waals surface area contributed by atoms with Crippen LogP contribution in [0, 0.1) is 0 Å². The van der Waals surface area contributed by atoms with Gasteiger partial charge in [0.15, 0.2) is 18.1 Å². The molecule has 0 bridgehead atoms. The van der Waals surface area contributed by atoms with Gasteiger partial charge in [0.05, 0.1) is 14.2 Å². The second kappa shape index (κ2) is 9.65. The number of carbonyl (C=O) groups is 3. The highest BCUT2D eigenvalue weighted by atomic mass is 16.5. The van der Waals surface area contributed by atoms with E-state index in [1.165, 1.54) is 7.11 Å². The van der Waals surface area contributed by atoms with Gasteiger partial charge in [0.25, 0.3) is 5.91 Å². The zero-order valence-corrected chi connectivity index (χ0v) is 15.8. The summed E-state index contributed by atoms with van der Waals surface area (Å²) in [7, 11) is 3.08.